The lowest BCUT2D eigenvalue weighted by Crippen LogP contribution is -2.33. The second-order valence-corrected chi connectivity index (χ2v) is 11.1. The van der Waals surface area contributed by atoms with Gasteiger partial charge >= 0.3 is 13.8 Å². The summed E-state index contributed by atoms with van der Waals surface area (Å²) in [6, 6.07) is 14.0. The fourth-order valence-corrected chi connectivity index (χ4v) is 5.62. The van der Waals surface area contributed by atoms with Gasteiger partial charge in [-0.3, -0.25) is 9.79 Å². The van der Waals surface area contributed by atoms with Gasteiger partial charge in [0, 0.05) is 16.7 Å². The van der Waals surface area contributed by atoms with Gasteiger partial charge < -0.3 is 14.4 Å². The number of hydrogen-bond acceptors (Lipinski definition) is 5. The number of phosphoric acid groups is 1. The van der Waals surface area contributed by atoms with E-state index in [0.717, 1.165) is 16.7 Å². The van der Waals surface area contributed by atoms with E-state index in [4.69, 9.17) is 9.26 Å². The number of phenolic OH excluding ortho intramolecular Hbond substituents is 1. The van der Waals surface area contributed by atoms with Gasteiger partial charge in [0.25, 0.3) is 0 Å². The smallest absolute Gasteiger partial charge is 0.508 e. The van der Waals surface area contributed by atoms with Crippen LogP contribution in [0.4, 0.5) is 0 Å². The Balaban J connectivity index is 2.16. The maximum Gasteiger partial charge on any atom is 0.524 e. The molecule has 0 amide bonds. The Morgan fingerprint density at radius 1 is 0.889 bits per heavy atom. The zero-order valence-corrected chi connectivity index (χ0v) is 22.1. The van der Waals surface area contributed by atoms with Gasteiger partial charge in [-0.2, -0.15) is 0 Å². The Morgan fingerprint density at radius 3 is 2.14 bits per heavy atom. The Labute approximate surface area is 211 Å². The van der Waals surface area contributed by atoms with Gasteiger partial charge in [-0.25, -0.2) is 9.36 Å². The first-order chi connectivity index (χ1) is 16.8. The summed E-state index contributed by atoms with van der Waals surface area (Å²) in [5.41, 5.74) is 4.00. The molecule has 0 spiro atoms. The van der Waals surface area contributed by atoms with Crippen molar-refractivity contribution in [2.24, 2.45) is 0 Å². The van der Waals surface area contributed by atoms with Crippen molar-refractivity contribution >= 4 is 13.8 Å². The molecule has 0 bridgehead atoms. The van der Waals surface area contributed by atoms with Gasteiger partial charge in [-0.15, -0.1) is 0 Å². The molecule has 0 saturated carbocycles. The first kappa shape index (κ1) is 26.0. The number of fused-ring (bicyclic) bond motifs is 1. The summed E-state index contributed by atoms with van der Waals surface area (Å²) in [4.78, 5) is 32.3. The van der Waals surface area contributed by atoms with Gasteiger partial charge in [0.1, 0.15) is 11.5 Å². The van der Waals surface area contributed by atoms with E-state index in [1.165, 1.54) is 0 Å². The number of carbonyl (C=O) groups is 1. The number of phenols is 1. The van der Waals surface area contributed by atoms with Crippen LogP contribution >= 0.6 is 7.82 Å². The van der Waals surface area contributed by atoms with Crippen molar-refractivity contribution in [2.45, 2.75) is 59.0 Å². The molecular weight excluding hydrogens is 479 g/mol. The molecule has 3 N–H and O–H groups in total. The van der Waals surface area contributed by atoms with Crippen LogP contribution in [-0.2, 0) is 14.9 Å². The first-order valence-electron chi connectivity index (χ1n) is 11.8. The average Bonchev–Trinajstić information content (AvgIpc) is 3.05. The average molecular weight is 511 g/mol. The van der Waals surface area contributed by atoms with Gasteiger partial charge in [0.05, 0.1) is 5.56 Å². The second kappa shape index (κ2) is 9.07. The SMILES string of the molecule is Cc1cc(OP(=O)(O)O)c(C(C)C)cc1C1(c2c(C)cc(O)cc2C(C)C)OC(=O)c2ccccc21. The minimum Gasteiger partial charge on any atom is -0.508 e. The predicted molar refractivity (Wildman–Crippen MR) is 137 cm³/mol. The number of aryl methyl sites for hydroxylation is 2. The molecular formula is C28H31O7P. The van der Waals surface area contributed by atoms with E-state index in [-0.39, 0.29) is 23.3 Å². The number of cyclic esters (lactones) is 1. The van der Waals surface area contributed by atoms with Crippen LogP contribution < -0.4 is 4.52 Å². The van der Waals surface area contributed by atoms with E-state index in [0.29, 0.717) is 27.8 Å². The van der Waals surface area contributed by atoms with Crippen molar-refractivity contribution in [3.05, 3.63) is 93.0 Å². The molecule has 4 rings (SSSR count). The van der Waals surface area contributed by atoms with Crippen LogP contribution in [-0.4, -0.2) is 20.9 Å². The number of benzene rings is 3. The molecule has 1 atom stereocenters. The topological polar surface area (TPSA) is 113 Å². The third kappa shape index (κ3) is 4.32. The summed E-state index contributed by atoms with van der Waals surface area (Å²) >= 11 is 0. The van der Waals surface area contributed by atoms with Gasteiger partial charge in [-0.1, -0.05) is 45.9 Å². The summed E-state index contributed by atoms with van der Waals surface area (Å²) < 4.78 is 23.1. The van der Waals surface area contributed by atoms with E-state index in [1.807, 2.05) is 52.8 Å². The van der Waals surface area contributed by atoms with Gasteiger partial charge in [0.15, 0.2) is 5.60 Å². The first-order valence-corrected chi connectivity index (χ1v) is 13.4. The summed E-state index contributed by atoms with van der Waals surface area (Å²) in [6.07, 6.45) is 0. The molecule has 3 aromatic rings. The molecule has 1 aliphatic rings. The maximum absolute atomic E-state index is 13.3. The highest BCUT2D eigenvalue weighted by atomic mass is 31.2. The van der Waals surface area contributed by atoms with Crippen LogP contribution in [0.1, 0.15) is 88.8 Å². The third-order valence-electron chi connectivity index (χ3n) is 6.67. The van der Waals surface area contributed by atoms with E-state index in [9.17, 15) is 24.3 Å². The molecule has 36 heavy (non-hydrogen) atoms. The van der Waals surface area contributed by atoms with Crippen LogP contribution in [0.2, 0.25) is 0 Å². The van der Waals surface area contributed by atoms with Crippen LogP contribution in [0.15, 0.2) is 48.5 Å². The van der Waals surface area contributed by atoms with Crippen LogP contribution in [0.5, 0.6) is 11.5 Å². The number of hydrogen-bond donors (Lipinski definition) is 3. The molecule has 190 valence electrons. The van der Waals surface area contributed by atoms with E-state index in [1.54, 1.807) is 37.3 Å². The van der Waals surface area contributed by atoms with E-state index in [2.05, 4.69) is 0 Å². The fourth-order valence-electron chi connectivity index (χ4n) is 5.20. The van der Waals surface area contributed by atoms with Crippen molar-refractivity contribution in [3.8, 4) is 11.5 Å². The summed E-state index contributed by atoms with van der Waals surface area (Å²) in [5, 5.41) is 10.4. The molecule has 0 fully saturated rings. The maximum atomic E-state index is 13.3. The zero-order chi connectivity index (χ0) is 26.6. The fraction of sp³-hybridized carbons (Fsp3) is 0.321. The number of ether oxygens (including phenoxy) is 1. The molecule has 3 aromatic carbocycles. The van der Waals surface area contributed by atoms with E-state index < -0.39 is 19.4 Å². The van der Waals surface area contributed by atoms with Crippen molar-refractivity contribution in [1.29, 1.82) is 0 Å². The highest BCUT2D eigenvalue weighted by molar-refractivity contribution is 7.46. The minimum absolute atomic E-state index is 0.00345. The van der Waals surface area contributed by atoms with Crippen molar-refractivity contribution in [2.75, 3.05) is 0 Å². The van der Waals surface area contributed by atoms with Crippen molar-refractivity contribution < 1.29 is 33.5 Å². The Morgan fingerprint density at radius 2 is 1.53 bits per heavy atom. The van der Waals surface area contributed by atoms with Gasteiger partial charge in [-0.05, 0) is 78.3 Å². The Bertz CT molecular complexity index is 1400. The highest BCUT2D eigenvalue weighted by Crippen LogP contribution is 2.53. The number of carbonyl (C=O) groups excluding carboxylic acids is 1. The predicted octanol–water partition coefficient (Wildman–Crippen LogP) is 6.19. The summed E-state index contributed by atoms with van der Waals surface area (Å²) in [7, 11) is -4.80. The number of phosphoric ester groups is 1. The molecule has 0 aliphatic carbocycles. The summed E-state index contributed by atoms with van der Waals surface area (Å²) in [5.74, 6) is -0.414. The Kier molecular flexibility index (Phi) is 6.54. The largest absolute Gasteiger partial charge is 0.524 e. The normalized spacial score (nSPS) is 17.4. The summed E-state index contributed by atoms with van der Waals surface area (Å²) in [6.45, 7) is 11.5. The second-order valence-electron chi connectivity index (χ2n) is 9.94. The molecule has 1 unspecified atom stereocenters. The monoisotopic (exact) mass is 510 g/mol. The molecule has 7 nitrogen and oxygen atoms in total. The van der Waals surface area contributed by atoms with E-state index >= 15 is 0 Å². The quantitative estimate of drug-likeness (QED) is 0.268. The molecule has 1 aliphatic heterocycles. The van der Waals surface area contributed by atoms with Crippen molar-refractivity contribution in [3.63, 3.8) is 0 Å². The highest BCUT2D eigenvalue weighted by Gasteiger charge is 2.51. The third-order valence-corrected chi connectivity index (χ3v) is 7.11. The lowest BCUT2D eigenvalue weighted by Gasteiger charge is -2.36. The molecule has 8 heteroatoms. The van der Waals surface area contributed by atoms with Crippen LogP contribution in [0, 0.1) is 13.8 Å². The van der Waals surface area contributed by atoms with Crippen molar-refractivity contribution in [1.82, 2.24) is 0 Å². The molecule has 1 heterocycles. The standard InChI is InChI=1S/C28H31O7P/c1-15(2)21-14-24(17(5)12-25(21)35-36(31,32)33)28(23-10-8-7-9-20(23)27(30)34-28)26-18(6)11-19(29)13-22(26)16(3)4/h7-16,29H,1-6H3,(H2,31,32,33). The molecule has 0 saturated heterocycles. The number of esters is 1. The molecule has 0 radical (unpaired) electrons. The number of rotatable bonds is 6. The molecule has 0 aromatic heterocycles. The lowest BCUT2D eigenvalue weighted by atomic mass is 9.72. The van der Waals surface area contributed by atoms with Gasteiger partial charge in [0.2, 0.25) is 0 Å². The lowest BCUT2D eigenvalue weighted by molar-refractivity contribution is 0.0245. The van der Waals surface area contributed by atoms with Crippen LogP contribution in [0.25, 0.3) is 0 Å². The minimum atomic E-state index is -4.80. The number of aromatic hydroxyl groups is 1. The Hall–Kier alpha value is -3.12. The zero-order valence-electron chi connectivity index (χ0n) is 21.2. The van der Waals surface area contributed by atoms with Crippen LogP contribution in [0.3, 0.4) is 0 Å².